The van der Waals surface area contributed by atoms with Crippen LogP contribution in [0, 0.1) is 11.6 Å². The lowest BCUT2D eigenvalue weighted by Gasteiger charge is -2.36. The van der Waals surface area contributed by atoms with Crippen molar-refractivity contribution in [2.45, 2.75) is 0 Å². The maximum Gasteiger partial charge on any atom is 0.411 e. The maximum atomic E-state index is 13.2. The van der Waals surface area contributed by atoms with Gasteiger partial charge in [-0.05, 0) is 66.7 Å². The van der Waals surface area contributed by atoms with E-state index in [1.54, 1.807) is 11.0 Å². The minimum Gasteiger partial charge on any atom is -0.447 e. The fourth-order valence-corrected chi connectivity index (χ4v) is 4.60. The second-order valence-electron chi connectivity index (χ2n) is 9.29. The number of ether oxygens (including phenoxy) is 1. The molecule has 3 aromatic carbocycles. The second-order valence-corrected chi connectivity index (χ2v) is 9.73. The van der Waals surface area contributed by atoms with Crippen LogP contribution in [0.25, 0.3) is 10.9 Å². The number of anilines is 4. The summed E-state index contributed by atoms with van der Waals surface area (Å²) in [6, 6.07) is 18.2. The summed E-state index contributed by atoms with van der Waals surface area (Å²) in [4.78, 5) is 33.3. The van der Waals surface area contributed by atoms with Crippen LogP contribution < -0.4 is 20.9 Å². The molecule has 4 aromatic rings. The minimum atomic E-state index is -0.654. The number of hydrogen-bond donors (Lipinski definition) is 3. The van der Waals surface area contributed by atoms with Crippen molar-refractivity contribution in [3.8, 4) is 0 Å². The number of nitrogens with one attached hydrogen (secondary N) is 3. The molecule has 12 heteroatoms. The van der Waals surface area contributed by atoms with Crippen LogP contribution in [-0.4, -0.2) is 61.3 Å². The summed E-state index contributed by atoms with van der Waals surface area (Å²) in [6.45, 7) is 2.52. The van der Waals surface area contributed by atoms with E-state index in [-0.39, 0.29) is 18.5 Å². The highest BCUT2D eigenvalue weighted by Crippen LogP contribution is 2.31. The van der Waals surface area contributed by atoms with Crippen LogP contribution in [0.4, 0.5) is 41.2 Å². The molecule has 0 aliphatic carbocycles. The summed E-state index contributed by atoms with van der Waals surface area (Å²) >= 11 is 6.24. The van der Waals surface area contributed by atoms with E-state index < -0.39 is 11.9 Å². The van der Waals surface area contributed by atoms with Crippen LogP contribution in [0.5, 0.6) is 0 Å². The van der Waals surface area contributed by atoms with Gasteiger partial charge >= 0.3 is 12.1 Å². The lowest BCUT2D eigenvalue weighted by Crippen LogP contribution is -2.50. The summed E-state index contributed by atoms with van der Waals surface area (Å²) in [5.41, 5.74) is 2.59. The number of halogens is 3. The first-order chi connectivity index (χ1) is 19.8. The van der Waals surface area contributed by atoms with Crippen molar-refractivity contribution in [1.82, 2.24) is 9.88 Å². The molecule has 3 amide bonds. The van der Waals surface area contributed by atoms with Crippen molar-refractivity contribution in [3.05, 3.63) is 89.5 Å². The van der Waals surface area contributed by atoms with Crippen LogP contribution in [0.15, 0.2) is 72.8 Å². The summed E-state index contributed by atoms with van der Waals surface area (Å²) in [5, 5.41) is 9.99. The Morgan fingerprint density at radius 3 is 2.15 bits per heavy atom. The first-order valence-corrected chi connectivity index (χ1v) is 13.3. The van der Waals surface area contributed by atoms with Crippen molar-refractivity contribution in [2.24, 2.45) is 0 Å². The van der Waals surface area contributed by atoms with Crippen LogP contribution in [-0.2, 0) is 4.74 Å². The number of pyridine rings is 1. The van der Waals surface area contributed by atoms with Crippen LogP contribution in [0.1, 0.15) is 0 Å². The van der Waals surface area contributed by atoms with Crippen molar-refractivity contribution in [1.29, 1.82) is 0 Å². The fraction of sp³-hybridized carbons (Fsp3) is 0.207. The molecule has 1 aliphatic rings. The van der Waals surface area contributed by atoms with E-state index in [4.69, 9.17) is 16.3 Å². The Kier molecular flexibility index (Phi) is 8.64. The monoisotopic (exact) mass is 580 g/mol. The number of carbonyl (C=O) groups excluding carboxylic acids is 2. The predicted molar refractivity (Wildman–Crippen MR) is 156 cm³/mol. The number of rotatable bonds is 7. The van der Waals surface area contributed by atoms with Gasteiger partial charge in [0.15, 0.2) is 0 Å². The highest BCUT2D eigenvalue weighted by atomic mass is 35.5. The lowest BCUT2D eigenvalue weighted by molar-refractivity contribution is 0.166. The number of nitrogens with zero attached hydrogens (tertiary/aromatic N) is 3. The number of amides is 3. The van der Waals surface area contributed by atoms with Gasteiger partial charge in [-0.1, -0.05) is 11.6 Å². The van der Waals surface area contributed by atoms with E-state index in [0.29, 0.717) is 60.5 Å². The Morgan fingerprint density at radius 2 is 1.49 bits per heavy atom. The van der Waals surface area contributed by atoms with Crippen LogP contribution in [0.2, 0.25) is 5.02 Å². The molecule has 5 rings (SSSR count). The Balaban J connectivity index is 1.19. The minimum absolute atomic E-state index is 0.0689. The number of benzene rings is 3. The summed E-state index contributed by atoms with van der Waals surface area (Å²) in [5.74, 6) is -0.184. The number of urea groups is 1. The molecule has 0 atom stereocenters. The van der Waals surface area contributed by atoms with Crippen LogP contribution >= 0.6 is 11.6 Å². The number of carbonyl (C=O) groups is 2. The van der Waals surface area contributed by atoms with E-state index in [0.717, 1.165) is 11.1 Å². The van der Waals surface area contributed by atoms with Gasteiger partial charge in [0.25, 0.3) is 0 Å². The van der Waals surface area contributed by atoms with Gasteiger partial charge in [-0.15, -0.1) is 0 Å². The van der Waals surface area contributed by atoms with Gasteiger partial charge in [0.1, 0.15) is 24.1 Å². The molecular formula is C29H27ClF2N6O3. The maximum absolute atomic E-state index is 13.2. The predicted octanol–water partition coefficient (Wildman–Crippen LogP) is 6.18. The first-order valence-electron chi connectivity index (χ1n) is 12.9. The molecule has 9 nitrogen and oxygen atoms in total. The highest BCUT2D eigenvalue weighted by molar-refractivity contribution is 6.31. The third-order valence-electron chi connectivity index (χ3n) is 6.49. The average Bonchev–Trinajstić information content (AvgIpc) is 2.97. The Morgan fingerprint density at radius 1 is 0.854 bits per heavy atom. The number of piperazine rings is 1. The third-order valence-corrected chi connectivity index (χ3v) is 6.72. The second kappa shape index (κ2) is 12.7. The average molecular weight is 581 g/mol. The molecule has 1 aliphatic heterocycles. The van der Waals surface area contributed by atoms with Gasteiger partial charge in [0.2, 0.25) is 0 Å². The SMILES string of the molecule is O=C(Nc1ccc(F)cc1)OCCNc1cc(N2CCN(C(=O)Nc3ccc(F)cc3)CC2)c2ccc(Cl)cc2n1. The molecule has 2 heterocycles. The molecule has 0 saturated carbocycles. The third kappa shape index (κ3) is 7.31. The van der Waals surface area contributed by atoms with E-state index in [2.05, 4.69) is 25.8 Å². The summed E-state index contributed by atoms with van der Waals surface area (Å²) < 4.78 is 31.4. The molecular weight excluding hydrogens is 554 g/mol. The molecule has 1 fully saturated rings. The molecule has 0 spiro atoms. The fourth-order valence-electron chi connectivity index (χ4n) is 4.43. The zero-order valence-electron chi connectivity index (χ0n) is 21.9. The molecule has 0 bridgehead atoms. The smallest absolute Gasteiger partial charge is 0.411 e. The number of aromatic nitrogens is 1. The molecule has 41 heavy (non-hydrogen) atoms. The molecule has 212 valence electrons. The molecule has 0 unspecified atom stereocenters. The van der Waals surface area contributed by atoms with E-state index in [9.17, 15) is 18.4 Å². The molecule has 1 aromatic heterocycles. The highest BCUT2D eigenvalue weighted by Gasteiger charge is 2.23. The zero-order valence-corrected chi connectivity index (χ0v) is 22.6. The van der Waals surface area contributed by atoms with Crippen LogP contribution in [0.3, 0.4) is 0 Å². The summed E-state index contributed by atoms with van der Waals surface area (Å²) in [7, 11) is 0. The van der Waals surface area contributed by atoms with Gasteiger partial charge < -0.3 is 25.2 Å². The van der Waals surface area contributed by atoms with Gasteiger partial charge in [0, 0.05) is 59.7 Å². The largest absolute Gasteiger partial charge is 0.447 e. The molecule has 0 radical (unpaired) electrons. The Hall–Kier alpha value is -4.64. The van der Waals surface area contributed by atoms with Gasteiger partial charge in [-0.2, -0.15) is 0 Å². The standard InChI is InChI=1S/C29H27ClF2N6O3/c30-19-1-10-24-25(17-19)36-27(33-11-16-41-29(40)35-23-8-4-21(32)5-9-23)18-26(24)37-12-14-38(15-13-37)28(39)34-22-6-2-20(31)3-7-22/h1-10,17-18H,11-16H2,(H,33,36)(H,34,39)(H,35,40). The molecule has 3 N–H and O–H groups in total. The topological polar surface area (TPSA) is 98.8 Å². The Labute approximate surface area is 240 Å². The Bertz CT molecular complexity index is 1530. The van der Waals surface area contributed by atoms with Crippen molar-refractivity contribution >= 4 is 57.5 Å². The van der Waals surface area contributed by atoms with E-state index in [1.165, 1.54) is 48.5 Å². The van der Waals surface area contributed by atoms with Gasteiger partial charge in [0.05, 0.1) is 12.1 Å². The van der Waals surface area contributed by atoms with Crippen molar-refractivity contribution in [3.63, 3.8) is 0 Å². The summed E-state index contributed by atoms with van der Waals surface area (Å²) in [6.07, 6.45) is -0.654. The molecule has 1 saturated heterocycles. The van der Waals surface area contributed by atoms with Gasteiger partial charge in [-0.25, -0.2) is 23.4 Å². The van der Waals surface area contributed by atoms with Gasteiger partial charge in [-0.3, -0.25) is 5.32 Å². The van der Waals surface area contributed by atoms with E-state index in [1.807, 2.05) is 18.2 Å². The normalized spacial score (nSPS) is 13.1. The van der Waals surface area contributed by atoms with Crippen molar-refractivity contribution < 1.29 is 23.1 Å². The zero-order chi connectivity index (χ0) is 28.8. The van der Waals surface area contributed by atoms with E-state index >= 15 is 0 Å². The first kappa shape index (κ1) is 27.9. The van der Waals surface area contributed by atoms with Crippen molar-refractivity contribution in [2.75, 3.05) is 60.2 Å². The number of fused-ring (bicyclic) bond motifs is 1. The quantitative estimate of drug-likeness (QED) is 0.226. The lowest BCUT2D eigenvalue weighted by atomic mass is 10.1. The number of hydrogen-bond acceptors (Lipinski definition) is 6.